The summed E-state index contributed by atoms with van der Waals surface area (Å²) in [6.45, 7) is 7.46. The molecule has 0 atom stereocenters. The highest BCUT2D eigenvalue weighted by atomic mass is 15.0. The number of rotatable bonds is 4. The van der Waals surface area contributed by atoms with Crippen molar-refractivity contribution in [2.45, 2.75) is 27.2 Å². The molecular weight excluding hydrogens is 176 g/mol. The first kappa shape index (κ1) is 10.9. The predicted molar refractivity (Wildman–Crippen MR) is 58.4 cm³/mol. The van der Waals surface area contributed by atoms with E-state index in [-0.39, 0.29) is 0 Å². The van der Waals surface area contributed by atoms with Crippen LogP contribution in [0.3, 0.4) is 0 Å². The zero-order chi connectivity index (χ0) is 10.6. The lowest BCUT2D eigenvalue weighted by molar-refractivity contribution is 0.862. The molecule has 1 aromatic heterocycles. The van der Waals surface area contributed by atoms with Crippen LogP contribution in [0, 0.1) is 20.8 Å². The van der Waals surface area contributed by atoms with Gasteiger partial charge in [0.25, 0.3) is 0 Å². The van der Waals surface area contributed by atoms with Crippen molar-refractivity contribution in [1.29, 1.82) is 0 Å². The first-order chi connectivity index (χ1) is 6.65. The van der Waals surface area contributed by atoms with E-state index in [1.165, 1.54) is 0 Å². The maximum Gasteiger partial charge on any atom is 0.147 e. The van der Waals surface area contributed by atoms with Gasteiger partial charge in [0.2, 0.25) is 0 Å². The lowest BCUT2D eigenvalue weighted by Crippen LogP contribution is -2.11. The minimum absolute atomic E-state index is 0.699. The number of hydrogen-bond donors (Lipinski definition) is 2. The summed E-state index contributed by atoms with van der Waals surface area (Å²) in [4.78, 5) is 8.83. The maximum absolute atomic E-state index is 5.41. The lowest BCUT2D eigenvalue weighted by atomic mass is 10.3. The Morgan fingerprint density at radius 2 is 1.71 bits per heavy atom. The highest BCUT2D eigenvalue weighted by Gasteiger charge is 2.03. The van der Waals surface area contributed by atoms with Crippen LogP contribution in [-0.4, -0.2) is 23.1 Å². The fraction of sp³-hybridized carbons (Fsp3) is 0.600. The first-order valence-corrected chi connectivity index (χ1v) is 4.91. The molecule has 78 valence electrons. The van der Waals surface area contributed by atoms with Crippen LogP contribution in [0.15, 0.2) is 0 Å². The zero-order valence-electron chi connectivity index (χ0n) is 9.09. The van der Waals surface area contributed by atoms with Crippen LogP contribution in [0.4, 0.5) is 5.82 Å². The standard InChI is InChI=1S/C10H18N4/c1-7-8(2)14-10(9(3)13-7)12-6-4-5-11/h4-6,11H2,1-3H3,(H,12,14). The summed E-state index contributed by atoms with van der Waals surface area (Å²) in [5.41, 5.74) is 8.33. The van der Waals surface area contributed by atoms with E-state index in [4.69, 9.17) is 5.73 Å². The number of nitrogens with two attached hydrogens (primary N) is 1. The van der Waals surface area contributed by atoms with Crippen LogP contribution in [-0.2, 0) is 0 Å². The molecule has 4 heteroatoms. The Morgan fingerprint density at radius 3 is 2.36 bits per heavy atom. The number of aryl methyl sites for hydroxylation is 3. The summed E-state index contributed by atoms with van der Waals surface area (Å²) in [7, 11) is 0. The average Bonchev–Trinajstić information content (AvgIpc) is 2.14. The van der Waals surface area contributed by atoms with Gasteiger partial charge in [-0.15, -0.1) is 0 Å². The van der Waals surface area contributed by atoms with E-state index in [0.717, 1.165) is 35.9 Å². The van der Waals surface area contributed by atoms with Crippen molar-refractivity contribution >= 4 is 5.82 Å². The van der Waals surface area contributed by atoms with Gasteiger partial charge in [-0.05, 0) is 33.7 Å². The molecule has 14 heavy (non-hydrogen) atoms. The van der Waals surface area contributed by atoms with E-state index < -0.39 is 0 Å². The number of aromatic nitrogens is 2. The molecule has 0 aromatic carbocycles. The third-order valence-electron chi connectivity index (χ3n) is 2.15. The molecule has 0 bridgehead atoms. The summed E-state index contributed by atoms with van der Waals surface area (Å²) in [5, 5.41) is 3.23. The van der Waals surface area contributed by atoms with Crippen molar-refractivity contribution in [2.24, 2.45) is 5.73 Å². The van der Waals surface area contributed by atoms with Crippen molar-refractivity contribution < 1.29 is 0 Å². The third kappa shape index (κ3) is 2.67. The van der Waals surface area contributed by atoms with E-state index >= 15 is 0 Å². The van der Waals surface area contributed by atoms with E-state index in [1.807, 2.05) is 20.8 Å². The second-order valence-electron chi connectivity index (χ2n) is 3.40. The molecule has 0 spiro atoms. The van der Waals surface area contributed by atoms with Gasteiger partial charge in [-0.2, -0.15) is 0 Å². The molecule has 0 fully saturated rings. The monoisotopic (exact) mass is 194 g/mol. The largest absolute Gasteiger partial charge is 0.369 e. The second kappa shape index (κ2) is 4.91. The van der Waals surface area contributed by atoms with Gasteiger partial charge in [-0.25, -0.2) is 4.98 Å². The number of anilines is 1. The second-order valence-corrected chi connectivity index (χ2v) is 3.40. The number of hydrogen-bond acceptors (Lipinski definition) is 4. The Balaban J connectivity index is 2.72. The molecule has 3 N–H and O–H groups in total. The summed E-state index contributed by atoms with van der Waals surface area (Å²) in [6, 6.07) is 0. The van der Waals surface area contributed by atoms with Gasteiger partial charge in [0.05, 0.1) is 17.1 Å². The molecule has 0 radical (unpaired) electrons. The average molecular weight is 194 g/mol. The van der Waals surface area contributed by atoms with Crippen LogP contribution in [0.1, 0.15) is 23.5 Å². The SMILES string of the molecule is Cc1nc(C)c(NCCCN)nc1C. The van der Waals surface area contributed by atoms with E-state index in [0.29, 0.717) is 6.54 Å². The molecule has 1 heterocycles. The maximum atomic E-state index is 5.41. The van der Waals surface area contributed by atoms with Crippen LogP contribution < -0.4 is 11.1 Å². The summed E-state index contributed by atoms with van der Waals surface area (Å²) >= 11 is 0. The normalized spacial score (nSPS) is 10.3. The van der Waals surface area contributed by atoms with Gasteiger partial charge >= 0.3 is 0 Å². The summed E-state index contributed by atoms with van der Waals surface area (Å²) < 4.78 is 0. The Bertz CT molecular complexity index is 309. The van der Waals surface area contributed by atoms with Crippen molar-refractivity contribution in [1.82, 2.24) is 9.97 Å². The van der Waals surface area contributed by atoms with E-state index in [2.05, 4.69) is 15.3 Å². The minimum Gasteiger partial charge on any atom is -0.369 e. The Hall–Kier alpha value is -1.16. The Morgan fingerprint density at radius 1 is 1.07 bits per heavy atom. The highest BCUT2D eigenvalue weighted by molar-refractivity contribution is 5.40. The van der Waals surface area contributed by atoms with E-state index in [9.17, 15) is 0 Å². The Kier molecular flexibility index (Phi) is 3.83. The van der Waals surface area contributed by atoms with Crippen LogP contribution in [0.5, 0.6) is 0 Å². The molecular formula is C10H18N4. The highest BCUT2D eigenvalue weighted by Crippen LogP contribution is 2.11. The molecule has 4 nitrogen and oxygen atoms in total. The van der Waals surface area contributed by atoms with Crippen molar-refractivity contribution in [3.63, 3.8) is 0 Å². The molecule has 0 aliphatic heterocycles. The van der Waals surface area contributed by atoms with Crippen LogP contribution in [0.2, 0.25) is 0 Å². The van der Waals surface area contributed by atoms with Crippen molar-refractivity contribution in [2.75, 3.05) is 18.4 Å². The topological polar surface area (TPSA) is 63.8 Å². The predicted octanol–water partition coefficient (Wildman–Crippen LogP) is 1.16. The number of nitrogens with one attached hydrogen (secondary N) is 1. The molecule has 1 aromatic rings. The fourth-order valence-corrected chi connectivity index (χ4v) is 1.19. The third-order valence-corrected chi connectivity index (χ3v) is 2.15. The molecule has 1 rings (SSSR count). The van der Waals surface area contributed by atoms with Crippen molar-refractivity contribution in [3.05, 3.63) is 17.1 Å². The summed E-state index contributed by atoms with van der Waals surface area (Å²) in [5.74, 6) is 0.876. The smallest absolute Gasteiger partial charge is 0.147 e. The van der Waals surface area contributed by atoms with Gasteiger partial charge in [0, 0.05) is 6.54 Å². The molecule has 0 saturated carbocycles. The molecule has 0 aliphatic carbocycles. The minimum atomic E-state index is 0.699. The quantitative estimate of drug-likeness (QED) is 0.706. The van der Waals surface area contributed by atoms with Crippen LogP contribution >= 0.6 is 0 Å². The Labute approximate surface area is 85.0 Å². The summed E-state index contributed by atoms with van der Waals surface area (Å²) in [6.07, 6.45) is 0.952. The lowest BCUT2D eigenvalue weighted by Gasteiger charge is -2.09. The van der Waals surface area contributed by atoms with Crippen molar-refractivity contribution in [3.8, 4) is 0 Å². The van der Waals surface area contributed by atoms with Crippen LogP contribution in [0.25, 0.3) is 0 Å². The van der Waals surface area contributed by atoms with Gasteiger partial charge in [-0.3, -0.25) is 4.98 Å². The molecule has 0 unspecified atom stereocenters. The molecule has 0 saturated heterocycles. The molecule has 0 aliphatic rings. The first-order valence-electron chi connectivity index (χ1n) is 4.91. The van der Waals surface area contributed by atoms with Gasteiger partial charge in [0.15, 0.2) is 0 Å². The molecule has 0 amide bonds. The van der Waals surface area contributed by atoms with E-state index in [1.54, 1.807) is 0 Å². The fourth-order valence-electron chi connectivity index (χ4n) is 1.19. The van der Waals surface area contributed by atoms with Gasteiger partial charge in [-0.1, -0.05) is 0 Å². The zero-order valence-corrected chi connectivity index (χ0v) is 9.09. The van der Waals surface area contributed by atoms with Gasteiger partial charge in [0.1, 0.15) is 5.82 Å². The van der Waals surface area contributed by atoms with Gasteiger partial charge < -0.3 is 11.1 Å². The number of nitrogens with zero attached hydrogens (tertiary/aromatic N) is 2.